The van der Waals surface area contributed by atoms with Crippen LogP contribution in [-0.2, 0) is 17.2 Å². The van der Waals surface area contributed by atoms with Crippen molar-refractivity contribution < 1.29 is 27.1 Å². The molecule has 1 N–H and O–H groups in total. The van der Waals surface area contributed by atoms with E-state index in [1.807, 2.05) is 0 Å². The summed E-state index contributed by atoms with van der Waals surface area (Å²) in [5.74, 6) is -0.874. The van der Waals surface area contributed by atoms with Crippen LogP contribution >= 0.6 is 23.2 Å². The molecule has 0 aliphatic rings. The van der Waals surface area contributed by atoms with Gasteiger partial charge in [0.2, 0.25) is 5.78 Å². The third-order valence-electron chi connectivity index (χ3n) is 4.07. The molecule has 32 heavy (non-hydrogen) atoms. The summed E-state index contributed by atoms with van der Waals surface area (Å²) in [4.78, 5) is 27.0. The number of carbonyl (C=O) groups excluding carboxylic acids is 1. The Balaban J connectivity index is 2.01. The number of carbonyl (C=O) groups is 1. The van der Waals surface area contributed by atoms with Crippen LogP contribution in [0.25, 0.3) is 0 Å². The second-order valence-corrected chi connectivity index (χ2v) is 8.22. The van der Waals surface area contributed by atoms with Crippen LogP contribution in [0.5, 0.6) is 0 Å². The van der Waals surface area contributed by atoms with E-state index in [1.165, 1.54) is 24.3 Å². The van der Waals surface area contributed by atoms with Gasteiger partial charge in [-0.15, -0.1) is 0 Å². The van der Waals surface area contributed by atoms with E-state index >= 15 is 0 Å². The normalized spacial score (nSPS) is 12.3. The zero-order chi connectivity index (χ0) is 23.6. The molecule has 1 atom stereocenters. The van der Waals surface area contributed by atoms with E-state index in [0.717, 1.165) is 24.4 Å². The molecule has 1 heterocycles. The minimum atomic E-state index is -4.78. The van der Waals surface area contributed by atoms with Crippen molar-refractivity contribution in [1.29, 1.82) is 0 Å². The van der Waals surface area contributed by atoms with Crippen molar-refractivity contribution in [1.82, 2.24) is 4.98 Å². The molecule has 13 heteroatoms. The molecule has 0 bridgehead atoms. The van der Waals surface area contributed by atoms with Gasteiger partial charge in [-0.25, -0.2) is 9.19 Å². The molecule has 3 rings (SSSR count). The number of hydrogen-bond donors (Lipinski definition) is 1. The van der Waals surface area contributed by atoms with Crippen molar-refractivity contribution in [2.24, 2.45) is 0 Å². The van der Waals surface area contributed by atoms with Gasteiger partial charge >= 0.3 is 6.18 Å². The highest BCUT2D eigenvalue weighted by atomic mass is 35.5. The van der Waals surface area contributed by atoms with E-state index < -0.39 is 44.1 Å². The quantitative estimate of drug-likeness (QED) is 0.264. The Labute approximate surface area is 190 Å². The van der Waals surface area contributed by atoms with Crippen LogP contribution in [-0.4, -0.2) is 19.9 Å². The van der Waals surface area contributed by atoms with Gasteiger partial charge in [0.15, 0.2) is 0 Å². The fourth-order valence-electron chi connectivity index (χ4n) is 2.65. The third-order valence-corrected chi connectivity index (χ3v) is 5.70. The molecule has 166 valence electrons. The van der Waals surface area contributed by atoms with Gasteiger partial charge in [-0.05, 0) is 30.3 Å². The Morgan fingerprint density at radius 3 is 2.47 bits per heavy atom. The fourth-order valence-corrected chi connectivity index (χ4v) is 3.92. The Kier molecular flexibility index (Phi) is 6.82. The Hall–Kier alpha value is -3.02. The summed E-state index contributed by atoms with van der Waals surface area (Å²) >= 11 is 11.5. The lowest BCUT2D eigenvalue weighted by Gasteiger charge is -2.13. The number of ketones is 1. The van der Waals surface area contributed by atoms with Crippen molar-refractivity contribution in [3.05, 3.63) is 91.7 Å². The standard InChI is InChI=1S/C19H10Cl2F3N3O4S/c20-10-7-15(26-32(31)11-5-6-14(21)13(8-11)19(22,23)24)17(25-9-10)18(28)12-3-1-2-4-16(12)27(29)30/h1-9,26H. The van der Waals surface area contributed by atoms with E-state index in [1.54, 1.807) is 0 Å². The molecular formula is C19H10Cl2F3N3O4S. The Morgan fingerprint density at radius 1 is 1.12 bits per heavy atom. The van der Waals surface area contributed by atoms with Crippen LogP contribution < -0.4 is 4.72 Å². The van der Waals surface area contributed by atoms with Gasteiger partial charge < -0.3 is 0 Å². The number of benzene rings is 2. The van der Waals surface area contributed by atoms with Gasteiger partial charge in [-0.1, -0.05) is 35.3 Å². The van der Waals surface area contributed by atoms with Crippen LogP contribution in [0.1, 0.15) is 21.6 Å². The second kappa shape index (κ2) is 9.23. The first-order valence-corrected chi connectivity index (χ1v) is 10.4. The number of pyridine rings is 1. The number of anilines is 1. The van der Waals surface area contributed by atoms with Crippen LogP contribution in [0.3, 0.4) is 0 Å². The molecule has 0 saturated heterocycles. The molecule has 0 fully saturated rings. The van der Waals surface area contributed by atoms with Crippen LogP contribution in [0, 0.1) is 10.1 Å². The first kappa shape index (κ1) is 23.6. The highest BCUT2D eigenvalue weighted by Gasteiger charge is 2.34. The number of alkyl halides is 3. The average Bonchev–Trinajstić information content (AvgIpc) is 2.72. The van der Waals surface area contributed by atoms with Crippen molar-refractivity contribution in [2.45, 2.75) is 11.1 Å². The van der Waals surface area contributed by atoms with Crippen LogP contribution in [0.4, 0.5) is 24.5 Å². The van der Waals surface area contributed by atoms with Gasteiger partial charge in [0.25, 0.3) is 5.69 Å². The summed E-state index contributed by atoms with van der Waals surface area (Å²) < 4.78 is 54.4. The molecule has 0 saturated carbocycles. The molecule has 3 aromatic rings. The Bertz CT molecular complexity index is 1250. The largest absolute Gasteiger partial charge is 0.417 e. The van der Waals surface area contributed by atoms with E-state index in [-0.39, 0.29) is 26.9 Å². The molecule has 1 aromatic heterocycles. The second-order valence-electron chi connectivity index (χ2n) is 6.16. The van der Waals surface area contributed by atoms with Crippen LogP contribution in [0.15, 0.2) is 59.6 Å². The maximum absolute atomic E-state index is 13.1. The van der Waals surface area contributed by atoms with Gasteiger partial charge in [-0.2, -0.15) is 13.2 Å². The summed E-state index contributed by atoms with van der Waals surface area (Å²) in [7, 11) is -2.29. The molecule has 0 aliphatic heterocycles. The first-order valence-electron chi connectivity index (χ1n) is 8.48. The third kappa shape index (κ3) is 5.06. The molecule has 1 unspecified atom stereocenters. The lowest BCUT2D eigenvalue weighted by atomic mass is 10.0. The molecule has 0 aliphatic carbocycles. The number of halogens is 5. The summed E-state index contributed by atoms with van der Waals surface area (Å²) in [6.07, 6.45) is -3.68. The molecule has 0 spiro atoms. The molecular weight excluding hydrogens is 494 g/mol. The summed E-state index contributed by atoms with van der Waals surface area (Å²) in [5.41, 5.74) is -2.50. The number of nitro benzene ring substituents is 1. The van der Waals surface area contributed by atoms with Crippen molar-refractivity contribution >= 4 is 51.3 Å². The Morgan fingerprint density at radius 2 is 1.81 bits per heavy atom. The van der Waals surface area contributed by atoms with E-state index in [4.69, 9.17) is 23.2 Å². The fraction of sp³-hybridized carbons (Fsp3) is 0.0526. The zero-order valence-corrected chi connectivity index (χ0v) is 17.8. The van der Waals surface area contributed by atoms with Gasteiger partial charge in [-0.3, -0.25) is 19.6 Å². The lowest BCUT2D eigenvalue weighted by molar-refractivity contribution is -0.385. The number of hydrogen-bond acceptors (Lipinski definition) is 5. The van der Waals surface area contributed by atoms with E-state index in [9.17, 15) is 32.3 Å². The predicted molar refractivity (Wildman–Crippen MR) is 112 cm³/mol. The number of nitrogens with zero attached hydrogens (tertiary/aromatic N) is 2. The molecule has 2 aromatic carbocycles. The number of rotatable bonds is 6. The van der Waals surface area contributed by atoms with Crippen LogP contribution in [0.2, 0.25) is 10.0 Å². The van der Waals surface area contributed by atoms with E-state index in [0.29, 0.717) is 6.07 Å². The predicted octanol–water partition coefficient (Wildman–Crippen LogP) is 5.68. The summed E-state index contributed by atoms with van der Waals surface area (Å²) in [6.45, 7) is 0. The average molecular weight is 504 g/mol. The number of aromatic nitrogens is 1. The lowest BCUT2D eigenvalue weighted by Crippen LogP contribution is -2.14. The SMILES string of the molecule is O=C(c1ccccc1[N+](=O)[O-])c1ncc(Cl)cc1NS(=O)c1ccc(Cl)c(C(F)(F)F)c1. The molecule has 0 radical (unpaired) electrons. The van der Waals surface area contributed by atoms with Crippen molar-refractivity contribution in [3.8, 4) is 0 Å². The molecule has 7 nitrogen and oxygen atoms in total. The summed E-state index contributed by atoms with van der Waals surface area (Å²) in [6, 6.07) is 8.96. The zero-order valence-electron chi connectivity index (χ0n) is 15.5. The van der Waals surface area contributed by atoms with Gasteiger partial charge in [0.1, 0.15) is 22.2 Å². The minimum Gasteiger partial charge on any atom is -0.299 e. The monoisotopic (exact) mass is 503 g/mol. The maximum Gasteiger partial charge on any atom is 0.417 e. The summed E-state index contributed by atoms with van der Waals surface area (Å²) in [5, 5.41) is 10.7. The van der Waals surface area contributed by atoms with Crippen molar-refractivity contribution in [2.75, 3.05) is 4.72 Å². The van der Waals surface area contributed by atoms with Gasteiger partial charge in [0.05, 0.1) is 31.1 Å². The number of nitro groups is 1. The highest BCUT2D eigenvalue weighted by molar-refractivity contribution is 7.86. The number of para-hydroxylation sites is 1. The molecule has 0 amide bonds. The smallest absolute Gasteiger partial charge is 0.299 e. The number of nitrogens with one attached hydrogen (secondary N) is 1. The highest BCUT2D eigenvalue weighted by Crippen LogP contribution is 2.36. The first-order chi connectivity index (χ1) is 15.0. The maximum atomic E-state index is 13.1. The van der Waals surface area contributed by atoms with Gasteiger partial charge in [0, 0.05) is 12.3 Å². The topological polar surface area (TPSA) is 102 Å². The minimum absolute atomic E-state index is 0.0238. The van der Waals surface area contributed by atoms with Crippen molar-refractivity contribution in [3.63, 3.8) is 0 Å². The van der Waals surface area contributed by atoms with E-state index in [2.05, 4.69) is 9.71 Å².